The van der Waals surface area contributed by atoms with E-state index < -0.39 is 51.8 Å². The number of amides is 1. The Labute approximate surface area is 173 Å². The number of anilines is 1. The summed E-state index contributed by atoms with van der Waals surface area (Å²) in [5.41, 5.74) is -2.75. The molecule has 0 aromatic heterocycles. The molecule has 0 unspecified atom stereocenters. The van der Waals surface area contributed by atoms with E-state index in [-0.39, 0.29) is 16.6 Å². The van der Waals surface area contributed by atoms with Gasteiger partial charge in [0.15, 0.2) is 6.61 Å². The highest BCUT2D eigenvalue weighted by Crippen LogP contribution is 2.38. The van der Waals surface area contributed by atoms with E-state index in [4.69, 9.17) is 4.74 Å². The monoisotopic (exact) mass is 470 g/mol. The summed E-state index contributed by atoms with van der Waals surface area (Å²) < 4.78 is 108. The third kappa shape index (κ3) is 6.34. The van der Waals surface area contributed by atoms with Crippen LogP contribution in [0.4, 0.5) is 32.0 Å². The van der Waals surface area contributed by atoms with Gasteiger partial charge in [-0.25, -0.2) is 13.1 Å². The Kier molecular flexibility index (Phi) is 6.90. The third-order valence-corrected chi connectivity index (χ3v) is 5.52. The maximum absolute atomic E-state index is 12.9. The molecule has 0 spiro atoms. The van der Waals surface area contributed by atoms with E-state index in [2.05, 4.69) is 10.0 Å². The molecule has 2 rings (SSSR count). The van der Waals surface area contributed by atoms with Gasteiger partial charge in [-0.05, 0) is 49.9 Å². The zero-order valence-corrected chi connectivity index (χ0v) is 16.8. The van der Waals surface area contributed by atoms with Crippen LogP contribution in [-0.2, 0) is 27.2 Å². The second-order valence-corrected chi connectivity index (χ2v) is 8.12. The predicted octanol–water partition coefficient (Wildman–Crippen LogP) is 3.96. The Morgan fingerprint density at radius 1 is 0.968 bits per heavy atom. The Balaban J connectivity index is 2.19. The van der Waals surface area contributed by atoms with Gasteiger partial charge >= 0.3 is 12.4 Å². The standard InChI is InChI=1S/C18H16F6N2O4S/c1-10-3-4-13(8-15(10)31(28,29)25-2)26-16(27)9-30-14-6-11(17(19,20)21)5-12(7-14)18(22,23)24/h3-8,25H,9H2,1-2H3,(H,26,27). The predicted molar refractivity (Wildman–Crippen MR) is 98.0 cm³/mol. The number of aryl methyl sites for hydroxylation is 1. The molecular weight excluding hydrogens is 454 g/mol. The highest BCUT2D eigenvalue weighted by Gasteiger charge is 2.37. The lowest BCUT2D eigenvalue weighted by Gasteiger charge is -2.15. The molecule has 0 aliphatic carbocycles. The van der Waals surface area contributed by atoms with Crippen molar-refractivity contribution in [3.8, 4) is 5.75 Å². The molecule has 0 heterocycles. The maximum atomic E-state index is 12.9. The van der Waals surface area contributed by atoms with Crippen LogP contribution in [0.15, 0.2) is 41.3 Å². The summed E-state index contributed by atoms with van der Waals surface area (Å²) in [5.74, 6) is -1.73. The SMILES string of the molecule is CNS(=O)(=O)c1cc(NC(=O)COc2cc(C(F)(F)F)cc(C(F)(F)F)c2)ccc1C. The molecular formula is C18H16F6N2O4S. The summed E-state index contributed by atoms with van der Waals surface area (Å²) in [6, 6.07) is 4.53. The number of nitrogens with one attached hydrogen (secondary N) is 2. The zero-order valence-electron chi connectivity index (χ0n) is 16.0. The number of ether oxygens (including phenoxy) is 1. The summed E-state index contributed by atoms with van der Waals surface area (Å²) >= 11 is 0. The molecule has 2 N–H and O–H groups in total. The number of carbonyl (C=O) groups excluding carboxylic acids is 1. The minimum absolute atomic E-state index is 0.0352. The van der Waals surface area contributed by atoms with E-state index in [0.29, 0.717) is 17.7 Å². The Morgan fingerprint density at radius 3 is 2.00 bits per heavy atom. The first-order valence-corrected chi connectivity index (χ1v) is 9.88. The lowest BCUT2D eigenvalue weighted by atomic mass is 10.1. The number of alkyl halides is 6. The molecule has 31 heavy (non-hydrogen) atoms. The molecule has 0 atom stereocenters. The number of benzene rings is 2. The summed E-state index contributed by atoms with van der Waals surface area (Å²) in [6.07, 6.45) is -10.1. The molecule has 0 fully saturated rings. The molecule has 13 heteroatoms. The van der Waals surface area contributed by atoms with Gasteiger partial charge in [-0.15, -0.1) is 0 Å². The highest BCUT2D eigenvalue weighted by molar-refractivity contribution is 7.89. The quantitative estimate of drug-likeness (QED) is 0.627. The van der Waals surface area contributed by atoms with E-state index in [1.807, 2.05) is 0 Å². The van der Waals surface area contributed by atoms with Crippen LogP contribution in [0, 0.1) is 6.92 Å². The van der Waals surface area contributed by atoms with Crippen LogP contribution < -0.4 is 14.8 Å². The third-order valence-electron chi connectivity index (χ3n) is 3.96. The number of hydrogen-bond donors (Lipinski definition) is 2. The zero-order chi connectivity index (χ0) is 23.6. The van der Waals surface area contributed by atoms with Gasteiger partial charge in [0.05, 0.1) is 16.0 Å². The van der Waals surface area contributed by atoms with Crippen LogP contribution in [0.1, 0.15) is 16.7 Å². The Morgan fingerprint density at radius 2 is 1.52 bits per heavy atom. The van der Waals surface area contributed by atoms with E-state index in [1.165, 1.54) is 26.1 Å². The number of halogens is 6. The van der Waals surface area contributed by atoms with Crippen LogP contribution >= 0.6 is 0 Å². The van der Waals surface area contributed by atoms with Crippen molar-refractivity contribution < 1.29 is 44.3 Å². The van der Waals surface area contributed by atoms with Gasteiger partial charge in [0.2, 0.25) is 10.0 Å². The van der Waals surface area contributed by atoms with Crippen LogP contribution in [-0.4, -0.2) is 28.0 Å². The van der Waals surface area contributed by atoms with Crippen molar-refractivity contribution in [3.63, 3.8) is 0 Å². The molecule has 0 saturated carbocycles. The first-order chi connectivity index (χ1) is 14.1. The Hall–Kier alpha value is -2.80. The van der Waals surface area contributed by atoms with Crippen LogP contribution in [0.5, 0.6) is 5.75 Å². The van der Waals surface area contributed by atoms with Crippen molar-refractivity contribution in [2.45, 2.75) is 24.2 Å². The molecule has 6 nitrogen and oxygen atoms in total. The van der Waals surface area contributed by atoms with E-state index >= 15 is 0 Å². The molecule has 0 saturated heterocycles. The fraction of sp³-hybridized carbons (Fsp3) is 0.278. The van der Waals surface area contributed by atoms with Gasteiger partial charge in [0.1, 0.15) is 5.75 Å². The van der Waals surface area contributed by atoms with Crippen molar-refractivity contribution in [2.24, 2.45) is 0 Å². The van der Waals surface area contributed by atoms with Gasteiger partial charge in [-0.3, -0.25) is 4.79 Å². The fourth-order valence-corrected chi connectivity index (χ4v) is 3.43. The van der Waals surface area contributed by atoms with Crippen molar-refractivity contribution in [2.75, 3.05) is 19.0 Å². The minimum Gasteiger partial charge on any atom is -0.484 e. The van der Waals surface area contributed by atoms with Crippen LogP contribution in [0.2, 0.25) is 0 Å². The average Bonchev–Trinajstić information content (AvgIpc) is 2.66. The van der Waals surface area contributed by atoms with Crippen LogP contribution in [0.3, 0.4) is 0 Å². The number of carbonyl (C=O) groups is 1. The molecule has 0 aliphatic rings. The molecule has 0 aliphatic heterocycles. The lowest BCUT2D eigenvalue weighted by Crippen LogP contribution is -2.22. The number of rotatable bonds is 6. The fourth-order valence-electron chi connectivity index (χ4n) is 2.43. The summed E-state index contributed by atoms with van der Waals surface area (Å²) in [6.45, 7) is 0.603. The topological polar surface area (TPSA) is 84.5 Å². The Bertz CT molecular complexity index is 1050. The molecule has 2 aromatic carbocycles. The summed E-state index contributed by atoms with van der Waals surface area (Å²) in [7, 11) is -2.63. The highest BCUT2D eigenvalue weighted by atomic mass is 32.2. The second kappa shape index (κ2) is 8.75. The van der Waals surface area contributed by atoms with Gasteiger partial charge in [-0.1, -0.05) is 6.07 Å². The lowest BCUT2D eigenvalue weighted by molar-refractivity contribution is -0.143. The summed E-state index contributed by atoms with van der Waals surface area (Å²) in [4.78, 5) is 11.9. The largest absolute Gasteiger partial charge is 0.484 e. The van der Waals surface area contributed by atoms with Crippen molar-refractivity contribution in [1.29, 1.82) is 0 Å². The van der Waals surface area contributed by atoms with Gasteiger partial charge in [0.25, 0.3) is 5.91 Å². The van der Waals surface area contributed by atoms with Gasteiger partial charge in [-0.2, -0.15) is 26.3 Å². The molecule has 0 bridgehead atoms. The molecule has 1 amide bonds. The van der Waals surface area contributed by atoms with Crippen LogP contribution in [0.25, 0.3) is 0 Å². The van der Waals surface area contributed by atoms with E-state index in [0.717, 1.165) is 6.07 Å². The van der Waals surface area contributed by atoms with Gasteiger partial charge < -0.3 is 10.1 Å². The van der Waals surface area contributed by atoms with Crippen molar-refractivity contribution in [1.82, 2.24) is 4.72 Å². The van der Waals surface area contributed by atoms with E-state index in [1.54, 1.807) is 0 Å². The molecule has 2 aromatic rings. The smallest absolute Gasteiger partial charge is 0.416 e. The second-order valence-electron chi connectivity index (χ2n) is 6.27. The minimum atomic E-state index is -5.06. The average molecular weight is 470 g/mol. The number of hydrogen-bond acceptors (Lipinski definition) is 4. The normalized spacial score (nSPS) is 12.5. The van der Waals surface area contributed by atoms with Gasteiger partial charge in [0, 0.05) is 5.69 Å². The first kappa shape index (κ1) is 24.5. The van der Waals surface area contributed by atoms with Crippen molar-refractivity contribution >= 4 is 21.6 Å². The van der Waals surface area contributed by atoms with Crippen molar-refractivity contribution in [3.05, 3.63) is 53.1 Å². The maximum Gasteiger partial charge on any atom is 0.416 e. The molecule has 0 radical (unpaired) electrons. The number of sulfonamides is 1. The molecule has 170 valence electrons. The van der Waals surface area contributed by atoms with E-state index in [9.17, 15) is 39.6 Å². The summed E-state index contributed by atoms with van der Waals surface area (Å²) in [5, 5.41) is 2.27. The first-order valence-electron chi connectivity index (χ1n) is 8.40.